The number of amides is 1. The van der Waals surface area contributed by atoms with Crippen molar-refractivity contribution in [3.8, 4) is 0 Å². The first-order chi connectivity index (χ1) is 17.7. The Morgan fingerprint density at radius 1 is 0.919 bits per heavy atom. The van der Waals surface area contributed by atoms with Gasteiger partial charge in [-0.1, -0.05) is 24.2 Å². The number of sulfonamides is 1. The lowest BCUT2D eigenvalue weighted by Crippen LogP contribution is -2.31. The van der Waals surface area contributed by atoms with E-state index in [9.17, 15) is 22.8 Å². The van der Waals surface area contributed by atoms with Gasteiger partial charge >= 0.3 is 11.9 Å². The zero-order chi connectivity index (χ0) is 26.6. The molecule has 0 unspecified atom stereocenters. The molecular formula is C25H27N3O7S2. The number of nitrogens with zero attached hydrogens (tertiary/aromatic N) is 3. The van der Waals surface area contributed by atoms with Gasteiger partial charge in [0.25, 0.3) is 5.91 Å². The van der Waals surface area contributed by atoms with Crippen molar-refractivity contribution in [3.05, 3.63) is 58.4 Å². The maximum atomic E-state index is 13.0. The lowest BCUT2D eigenvalue weighted by molar-refractivity contribution is -0.141. The number of ether oxygens (including phenoxy) is 2. The highest BCUT2D eigenvalue weighted by atomic mass is 32.2. The SMILES string of the molecule is COC(=O)Cn1c(=NC(=O)c2ccc(S(=O)(=O)N3CCCCCC3)cc2)sc2cc(C(=O)OC)ccc21. The van der Waals surface area contributed by atoms with Crippen molar-refractivity contribution in [1.82, 2.24) is 8.87 Å². The lowest BCUT2D eigenvalue weighted by atomic mass is 10.2. The van der Waals surface area contributed by atoms with E-state index in [4.69, 9.17) is 9.47 Å². The molecule has 0 bridgehead atoms. The first-order valence-electron chi connectivity index (χ1n) is 11.7. The van der Waals surface area contributed by atoms with Gasteiger partial charge in [-0.15, -0.1) is 0 Å². The van der Waals surface area contributed by atoms with Gasteiger partial charge in [0.1, 0.15) is 6.54 Å². The Labute approximate surface area is 218 Å². The van der Waals surface area contributed by atoms with Crippen molar-refractivity contribution in [2.24, 2.45) is 4.99 Å². The average molecular weight is 546 g/mol. The molecule has 1 saturated heterocycles. The van der Waals surface area contributed by atoms with Gasteiger partial charge in [0.15, 0.2) is 4.80 Å². The molecule has 1 amide bonds. The molecule has 0 N–H and O–H groups in total. The van der Waals surface area contributed by atoms with Crippen molar-refractivity contribution in [2.45, 2.75) is 37.1 Å². The van der Waals surface area contributed by atoms with Crippen LogP contribution in [0.1, 0.15) is 46.4 Å². The van der Waals surface area contributed by atoms with Crippen LogP contribution in [0.5, 0.6) is 0 Å². The van der Waals surface area contributed by atoms with Gasteiger partial charge in [-0.25, -0.2) is 13.2 Å². The number of methoxy groups -OCH3 is 2. The fraction of sp³-hybridized carbons (Fsp3) is 0.360. The maximum Gasteiger partial charge on any atom is 0.337 e. The highest BCUT2D eigenvalue weighted by Gasteiger charge is 2.25. The molecule has 0 aliphatic carbocycles. The normalized spacial score (nSPS) is 15.4. The molecular weight excluding hydrogens is 518 g/mol. The van der Waals surface area contributed by atoms with E-state index in [2.05, 4.69) is 4.99 Å². The minimum Gasteiger partial charge on any atom is -0.468 e. The molecule has 196 valence electrons. The number of rotatable bonds is 6. The molecule has 3 aromatic rings. The van der Waals surface area contributed by atoms with Crippen LogP contribution in [0.4, 0.5) is 0 Å². The first kappa shape index (κ1) is 26.7. The smallest absolute Gasteiger partial charge is 0.337 e. The van der Waals surface area contributed by atoms with Crippen molar-refractivity contribution in [1.29, 1.82) is 0 Å². The fourth-order valence-electron chi connectivity index (χ4n) is 4.10. The predicted molar refractivity (Wildman–Crippen MR) is 137 cm³/mol. The van der Waals surface area contributed by atoms with E-state index in [1.54, 1.807) is 18.2 Å². The van der Waals surface area contributed by atoms with Crippen LogP contribution in [-0.4, -0.2) is 62.4 Å². The minimum atomic E-state index is -3.64. The molecule has 0 spiro atoms. The molecule has 12 heteroatoms. The number of hydrogen-bond donors (Lipinski definition) is 0. The summed E-state index contributed by atoms with van der Waals surface area (Å²) in [7, 11) is -1.10. The minimum absolute atomic E-state index is 0.129. The number of hydrogen-bond acceptors (Lipinski definition) is 8. The Kier molecular flexibility index (Phi) is 8.20. The van der Waals surface area contributed by atoms with Crippen molar-refractivity contribution < 1.29 is 32.3 Å². The van der Waals surface area contributed by atoms with Crippen molar-refractivity contribution in [3.63, 3.8) is 0 Å². The second-order valence-corrected chi connectivity index (χ2v) is 11.4. The summed E-state index contributed by atoms with van der Waals surface area (Å²) in [6.45, 7) is 0.789. The van der Waals surface area contributed by atoms with Gasteiger partial charge in [0.05, 0.1) is 34.9 Å². The second-order valence-electron chi connectivity index (χ2n) is 8.48. The molecule has 2 aromatic carbocycles. The monoisotopic (exact) mass is 545 g/mol. The molecule has 0 radical (unpaired) electrons. The topological polar surface area (TPSA) is 124 Å². The van der Waals surface area contributed by atoms with Crippen LogP contribution in [0.2, 0.25) is 0 Å². The Morgan fingerprint density at radius 3 is 2.19 bits per heavy atom. The summed E-state index contributed by atoms with van der Waals surface area (Å²) in [4.78, 5) is 41.5. The summed E-state index contributed by atoms with van der Waals surface area (Å²) in [5.74, 6) is -1.65. The Balaban J connectivity index is 1.68. The van der Waals surface area contributed by atoms with Crippen LogP contribution in [0.3, 0.4) is 0 Å². The van der Waals surface area contributed by atoms with E-state index in [0.29, 0.717) is 28.9 Å². The van der Waals surface area contributed by atoms with Crippen LogP contribution < -0.4 is 4.80 Å². The predicted octanol–water partition coefficient (Wildman–Crippen LogP) is 2.97. The quantitative estimate of drug-likeness (QED) is 0.436. The van der Waals surface area contributed by atoms with Crippen LogP contribution >= 0.6 is 11.3 Å². The summed E-state index contributed by atoms with van der Waals surface area (Å²) >= 11 is 1.13. The highest BCUT2D eigenvalue weighted by Crippen LogP contribution is 2.22. The highest BCUT2D eigenvalue weighted by molar-refractivity contribution is 7.89. The van der Waals surface area contributed by atoms with E-state index >= 15 is 0 Å². The number of benzene rings is 2. The third-order valence-electron chi connectivity index (χ3n) is 6.12. The molecule has 1 aliphatic heterocycles. The van der Waals surface area contributed by atoms with Gasteiger partial charge < -0.3 is 14.0 Å². The fourth-order valence-corrected chi connectivity index (χ4v) is 6.69. The molecule has 2 heterocycles. The van der Waals surface area contributed by atoms with Crippen LogP contribution in [0.15, 0.2) is 52.4 Å². The maximum absolute atomic E-state index is 13.0. The van der Waals surface area contributed by atoms with E-state index < -0.39 is 27.9 Å². The van der Waals surface area contributed by atoms with E-state index in [-0.39, 0.29) is 21.8 Å². The molecule has 4 rings (SSSR count). The number of aromatic nitrogens is 1. The Hall–Kier alpha value is -3.35. The molecule has 1 aromatic heterocycles. The van der Waals surface area contributed by atoms with Gasteiger partial charge in [-0.2, -0.15) is 9.30 Å². The molecule has 37 heavy (non-hydrogen) atoms. The van der Waals surface area contributed by atoms with Crippen molar-refractivity contribution >= 4 is 49.4 Å². The van der Waals surface area contributed by atoms with Gasteiger partial charge in [-0.05, 0) is 55.3 Å². The standard InChI is InChI=1S/C25H27N3O7S2/c1-34-22(29)16-28-20-12-9-18(24(31)35-2)15-21(20)36-25(28)26-23(30)17-7-10-19(11-8-17)37(32,33)27-13-5-3-4-6-14-27/h7-12,15H,3-6,13-14,16H2,1-2H3. The van der Waals surface area contributed by atoms with E-state index in [0.717, 1.165) is 37.0 Å². The van der Waals surface area contributed by atoms with Crippen LogP contribution in [0.25, 0.3) is 10.2 Å². The lowest BCUT2D eigenvalue weighted by Gasteiger charge is -2.19. The first-order valence-corrected chi connectivity index (χ1v) is 14.0. The summed E-state index contributed by atoms with van der Waals surface area (Å²) in [5, 5.41) is 0. The molecule has 1 fully saturated rings. The largest absolute Gasteiger partial charge is 0.468 e. The van der Waals surface area contributed by atoms with E-state index in [1.165, 1.54) is 47.4 Å². The molecule has 0 saturated carbocycles. The number of thiazole rings is 1. The van der Waals surface area contributed by atoms with Crippen LogP contribution in [-0.2, 0) is 30.8 Å². The summed E-state index contributed by atoms with van der Waals surface area (Å²) < 4.78 is 39.2. The summed E-state index contributed by atoms with van der Waals surface area (Å²) in [6.07, 6.45) is 3.68. The Bertz CT molecular complexity index is 1500. The van der Waals surface area contributed by atoms with Crippen LogP contribution in [0, 0.1) is 0 Å². The second kappa shape index (κ2) is 11.4. The number of esters is 2. The van der Waals surface area contributed by atoms with Gasteiger partial charge in [0.2, 0.25) is 10.0 Å². The van der Waals surface area contributed by atoms with Gasteiger partial charge in [-0.3, -0.25) is 9.59 Å². The molecule has 10 nitrogen and oxygen atoms in total. The van der Waals surface area contributed by atoms with Crippen molar-refractivity contribution in [2.75, 3.05) is 27.3 Å². The molecule has 1 aliphatic rings. The third-order valence-corrected chi connectivity index (χ3v) is 9.07. The van der Waals surface area contributed by atoms with Gasteiger partial charge in [0, 0.05) is 18.7 Å². The number of carbonyl (C=O) groups excluding carboxylic acids is 3. The number of fused-ring (bicyclic) bond motifs is 1. The zero-order valence-corrected chi connectivity index (χ0v) is 22.1. The summed E-state index contributed by atoms with van der Waals surface area (Å²) in [6, 6.07) is 10.5. The average Bonchev–Trinajstić information content (AvgIpc) is 3.06. The Morgan fingerprint density at radius 2 is 1.57 bits per heavy atom. The third kappa shape index (κ3) is 5.81. The summed E-state index contributed by atoms with van der Waals surface area (Å²) in [5.41, 5.74) is 1.11. The van der Waals surface area contributed by atoms with E-state index in [1.807, 2.05) is 0 Å². The molecule has 0 atom stereocenters. The number of carbonyl (C=O) groups is 3. The zero-order valence-electron chi connectivity index (χ0n) is 20.5.